The van der Waals surface area contributed by atoms with Crippen molar-refractivity contribution < 1.29 is 37.5 Å². The Morgan fingerprint density at radius 1 is 1.48 bits per heavy atom. The van der Waals surface area contributed by atoms with E-state index in [1.807, 2.05) is 0 Å². The van der Waals surface area contributed by atoms with Crippen molar-refractivity contribution in [2.24, 2.45) is 5.92 Å². The van der Waals surface area contributed by atoms with E-state index in [9.17, 15) is 38.0 Å². The van der Waals surface area contributed by atoms with Gasteiger partial charge in [-0.3, -0.25) is 19.8 Å². The summed E-state index contributed by atoms with van der Waals surface area (Å²) in [6, 6.07) is 1.37. The van der Waals surface area contributed by atoms with Crippen LogP contribution in [0, 0.1) is 16.0 Å². The smallest absolute Gasteiger partial charge is 0.437 e. The molecule has 0 saturated carbocycles. The molecule has 0 unspecified atom stereocenters. The number of carbonyl (C=O) groups excluding carboxylic acids is 2. The summed E-state index contributed by atoms with van der Waals surface area (Å²) in [6.07, 6.45) is -5.41. The van der Waals surface area contributed by atoms with E-state index in [1.54, 1.807) is 0 Å². The summed E-state index contributed by atoms with van der Waals surface area (Å²) in [6.45, 7) is 1.08. The molecule has 0 spiro atoms. The maximum Gasteiger partial charge on any atom is 0.437 e. The number of aliphatic hydroxyl groups is 1. The van der Waals surface area contributed by atoms with Gasteiger partial charge in [-0.05, 0) is 12.5 Å². The molecular formula is C15H16F3N3O6. The molecule has 0 aromatic heterocycles. The molecule has 1 fully saturated rings. The Morgan fingerprint density at radius 2 is 2.11 bits per heavy atom. The van der Waals surface area contributed by atoms with E-state index < -0.39 is 46.5 Å². The maximum absolute atomic E-state index is 13.7. The number of nitro benzene ring substituents is 1. The Kier molecular flexibility index (Phi) is 5.31. The second-order valence-corrected chi connectivity index (χ2v) is 5.79. The molecule has 1 aromatic carbocycles. The predicted octanol–water partition coefficient (Wildman–Crippen LogP) is 1.72. The number of alkyl halides is 3. The van der Waals surface area contributed by atoms with Crippen LogP contribution in [0.15, 0.2) is 24.3 Å². The molecule has 9 nitrogen and oxygen atoms in total. The first kappa shape index (κ1) is 20.4. The molecule has 148 valence electrons. The molecule has 12 heteroatoms. The number of amides is 2. The van der Waals surface area contributed by atoms with E-state index in [2.05, 4.69) is 10.1 Å². The fraction of sp³-hybridized carbons (Fsp3) is 0.467. The van der Waals surface area contributed by atoms with E-state index in [1.165, 1.54) is 19.1 Å². The molecule has 0 bridgehead atoms. The van der Waals surface area contributed by atoms with Crippen LogP contribution in [-0.2, 0) is 9.53 Å². The first-order valence-electron chi connectivity index (χ1n) is 7.69. The van der Waals surface area contributed by atoms with Gasteiger partial charge >= 0.3 is 18.2 Å². The zero-order valence-corrected chi connectivity index (χ0v) is 14.2. The van der Waals surface area contributed by atoms with Crippen molar-refractivity contribution in [2.75, 3.05) is 13.7 Å². The Morgan fingerprint density at radius 3 is 2.63 bits per heavy atom. The molecule has 27 heavy (non-hydrogen) atoms. The van der Waals surface area contributed by atoms with Crippen LogP contribution in [-0.4, -0.2) is 52.5 Å². The van der Waals surface area contributed by atoms with Crippen LogP contribution in [0.1, 0.15) is 18.5 Å². The highest BCUT2D eigenvalue weighted by Gasteiger charge is 2.69. The standard InChI is InChI=1S/C15H16F3N3O6/c1-3-27-12(22)10-11(8-5-4-6-9(7-8)21(25)26)19-13(23)20(2)14(10,24)15(16,17)18/h4-7,10-11,24H,3H2,1-2H3,(H,19,23)/t10-,11-,14-/m0/s1. The highest BCUT2D eigenvalue weighted by molar-refractivity contribution is 5.83. The van der Waals surface area contributed by atoms with Gasteiger partial charge in [0.25, 0.3) is 11.4 Å². The van der Waals surface area contributed by atoms with Gasteiger partial charge in [0.1, 0.15) is 5.92 Å². The summed E-state index contributed by atoms with van der Waals surface area (Å²) in [4.78, 5) is 34.5. The fourth-order valence-electron chi connectivity index (χ4n) is 2.92. The Bertz CT molecular complexity index is 771. The first-order valence-corrected chi connectivity index (χ1v) is 7.69. The summed E-state index contributed by atoms with van der Waals surface area (Å²) in [7, 11) is 0.679. The summed E-state index contributed by atoms with van der Waals surface area (Å²) in [5.74, 6) is -3.73. The lowest BCUT2D eigenvalue weighted by Crippen LogP contribution is -2.73. The van der Waals surface area contributed by atoms with Gasteiger partial charge in [0.2, 0.25) is 0 Å². The topological polar surface area (TPSA) is 122 Å². The quantitative estimate of drug-likeness (QED) is 0.458. The Hall–Kier alpha value is -2.89. The number of esters is 1. The molecule has 1 saturated heterocycles. The molecule has 3 atom stereocenters. The monoisotopic (exact) mass is 391 g/mol. The van der Waals surface area contributed by atoms with Crippen LogP contribution in [0.3, 0.4) is 0 Å². The lowest BCUT2D eigenvalue weighted by molar-refractivity contribution is -0.385. The average Bonchev–Trinajstić information content (AvgIpc) is 2.58. The second kappa shape index (κ2) is 7.02. The number of hydrogen-bond acceptors (Lipinski definition) is 6. The number of benzene rings is 1. The van der Waals surface area contributed by atoms with Gasteiger partial charge in [0.05, 0.1) is 17.6 Å². The molecule has 2 rings (SSSR count). The second-order valence-electron chi connectivity index (χ2n) is 5.79. The third-order valence-corrected chi connectivity index (χ3v) is 4.26. The molecule has 0 aliphatic carbocycles. The maximum atomic E-state index is 13.7. The van der Waals surface area contributed by atoms with Crippen LogP contribution in [0.4, 0.5) is 23.7 Å². The lowest BCUT2D eigenvalue weighted by Gasteiger charge is -2.49. The summed E-state index contributed by atoms with van der Waals surface area (Å²) in [5, 5.41) is 23.5. The number of non-ortho nitro benzene ring substituents is 1. The number of halogens is 3. The van der Waals surface area contributed by atoms with E-state index >= 15 is 0 Å². The van der Waals surface area contributed by atoms with Crippen LogP contribution < -0.4 is 5.32 Å². The highest BCUT2D eigenvalue weighted by Crippen LogP contribution is 2.47. The van der Waals surface area contributed by atoms with Crippen molar-refractivity contribution in [3.63, 3.8) is 0 Å². The van der Waals surface area contributed by atoms with Crippen LogP contribution in [0.2, 0.25) is 0 Å². The van der Waals surface area contributed by atoms with Gasteiger partial charge in [-0.1, -0.05) is 12.1 Å². The number of urea groups is 1. The predicted molar refractivity (Wildman–Crippen MR) is 83.3 cm³/mol. The summed E-state index contributed by atoms with van der Waals surface area (Å²) < 4.78 is 45.8. The van der Waals surface area contributed by atoms with Gasteiger partial charge in [-0.2, -0.15) is 13.2 Å². The third-order valence-electron chi connectivity index (χ3n) is 4.26. The molecular weight excluding hydrogens is 375 g/mol. The Balaban J connectivity index is 2.67. The number of nitrogens with one attached hydrogen (secondary N) is 1. The largest absolute Gasteiger partial charge is 0.466 e. The molecule has 1 aromatic rings. The normalized spacial score (nSPS) is 25.7. The highest BCUT2D eigenvalue weighted by atomic mass is 19.4. The summed E-state index contributed by atoms with van der Waals surface area (Å²) in [5.41, 5.74) is -4.50. The van der Waals surface area contributed by atoms with Crippen LogP contribution in [0.5, 0.6) is 0 Å². The molecule has 2 amide bonds. The van der Waals surface area contributed by atoms with Crippen molar-refractivity contribution in [2.45, 2.75) is 24.9 Å². The number of hydrogen-bond donors (Lipinski definition) is 2. The van der Waals surface area contributed by atoms with Gasteiger partial charge in [0, 0.05) is 19.2 Å². The third kappa shape index (κ3) is 3.39. The minimum atomic E-state index is -5.41. The van der Waals surface area contributed by atoms with E-state index in [-0.39, 0.29) is 17.1 Å². The van der Waals surface area contributed by atoms with Gasteiger partial charge in [-0.15, -0.1) is 0 Å². The molecule has 1 aliphatic heterocycles. The molecule has 1 heterocycles. The van der Waals surface area contributed by atoms with Crippen molar-refractivity contribution in [1.29, 1.82) is 0 Å². The van der Waals surface area contributed by atoms with Crippen molar-refractivity contribution in [1.82, 2.24) is 10.2 Å². The zero-order chi connectivity index (χ0) is 20.6. The molecule has 1 aliphatic rings. The lowest BCUT2D eigenvalue weighted by atomic mass is 9.81. The summed E-state index contributed by atoms with van der Waals surface area (Å²) >= 11 is 0. The van der Waals surface area contributed by atoms with Crippen LogP contribution in [0.25, 0.3) is 0 Å². The Labute approximate surface area is 150 Å². The van der Waals surface area contributed by atoms with E-state index in [0.29, 0.717) is 7.05 Å². The fourth-order valence-corrected chi connectivity index (χ4v) is 2.92. The number of ether oxygens (including phenoxy) is 1. The van der Waals surface area contributed by atoms with Gasteiger partial charge < -0.3 is 15.2 Å². The SMILES string of the molecule is CCOC(=O)[C@@H]1[C@H](c2cccc([N+](=O)[O-])c2)NC(=O)N(C)[C@@]1(O)C(F)(F)F. The van der Waals surface area contributed by atoms with Gasteiger partial charge in [0.15, 0.2) is 0 Å². The zero-order valence-electron chi connectivity index (χ0n) is 14.2. The number of nitrogens with zero attached hydrogens (tertiary/aromatic N) is 2. The molecule has 0 radical (unpaired) electrons. The first-order chi connectivity index (χ1) is 12.4. The minimum Gasteiger partial charge on any atom is -0.466 e. The van der Waals surface area contributed by atoms with Crippen molar-refractivity contribution >= 4 is 17.7 Å². The number of carbonyl (C=O) groups is 2. The van der Waals surface area contributed by atoms with Crippen molar-refractivity contribution in [3.8, 4) is 0 Å². The van der Waals surface area contributed by atoms with E-state index in [4.69, 9.17) is 0 Å². The minimum absolute atomic E-state index is 0.0392. The van der Waals surface area contributed by atoms with E-state index in [0.717, 1.165) is 12.1 Å². The van der Waals surface area contributed by atoms with Crippen molar-refractivity contribution in [3.05, 3.63) is 39.9 Å². The van der Waals surface area contributed by atoms with Gasteiger partial charge in [-0.25, -0.2) is 4.79 Å². The average molecular weight is 391 g/mol. The van der Waals surface area contributed by atoms with Crippen LogP contribution >= 0.6 is 0 Å². The number of nitro groups is 1. The molecule has 2 N–H and O–H groups in total. The number of rotatable bonds is 4.